The number of aliphatic hydroxyl groups is 1. The molecule has 8 heteroatoms. The second-order valence-corrected chi connectivity index (χ2v) is 5.77. The molecule has 0 radical (unpaired) electrons. The van der Waals surface area contributed by atoms with Gasteiger partial charge < -0.3 is 19.7 Å². The van der Waals surface area contributed by atoms with Crippen LogP contribution in [0.5, 0.6) is 0 Å². The number of rotatable bonds is 3. The van der Waals surface area contributed by atoms with Gasteiger partial charge in [0, 0.05) is 25.8 Å². The summed E-state index contributed by atoms with van der Waals surface area (Å²) in [6.45, 7) is 2.27. The Morgan fingerprint density at radius 2 is 2.12 bits per heavy atom. The predicted octanol–water partition coefficient (Wildman–Crippen LogP) is 1.57. The van der Waals surface area contributed by atoms with Crippen molar-refractivity contribution >= 4 is 22.6 Å². The number of carboxylic acids is 1. The van der Waals surface area contributed by atoms with Gasteiger partial charge in [-0.05, 0) is 19.4 Å². The lowest BCUT2D eigenvalue weighted by molar-refractivity contribution is 0.0694. The van der Waals surface area contributed by atoms with Crippen LogP contribution >= 0.6 is 0 Å². The third-order valence-corrected chi connectivity index (χ3v) is 4.28. The number of halogens is 2. The largest absolute Gasteiger partial charge is 0.477 e. The van der Waals surface area contributed by atoms with E-state index in [1.165, 1.54) is 9.47 Å². The standard InChI is InChI=1S/C16H16F2N2O4/c1-2-19-7-10(16(23)24)15(22)9-5-11(17)14(12(18)13(9)19)20-4-3-8(21)6-20/h5,7-8,21H,2-4,6H2,1H3,(H,23,24)/t8-/m1/s1. The van der Waals surface area contributed by atoms with Crippen molar-refractivity contribution in [2.75, 3.05) is 18.0 Å². The van der Waals surface area contributed by atoms with E-state index in [0.717, 1.165) is 12.3 Å². The summed E-state index contributed by atoms with van der Waals surface area (Å²) in [6.07, 6.45) is 0.800. The number of fused-ring (bicyclic) bond motifs is 1. The molecule has 2 aromatic rings. The first-order chi connectivity index (χ1) is 11.3. The number of aromatic carboxylic acids is 1. The van der Waals surface area contributed by atoms with Gasteiger partial charge in [0.15, 0.2) is 5.82 Å². The Labute approximate surface area is 135 Å². The van der Waals surface area contributed by atoms with E-state index in [4.69, 9.17) is 5.11 Å². The molecular weight excluding hydrogens is 322 g/mol. The first-order valence-electron chi connectivity index (χ1n) is 7.56. The summed E-state index contributed by atoms with van der Waals surface area (Å²) in [5, 5.41) is 18.4. The maximum atomic E-state index is 15.0. The predicted molar refractivity (Wildman–Crippen MR) is 83.6 cm³/mol. The maximum Gasteiger partial charge on any atom is 0.341 e. The van der Waals surface area contributed by atoms with Gasteiger partial charge in [-0.15, -0.1) is 0 Å². The number of pyridine rings is 1. The zero-order valence-corrected chi connectivity index (χ0v) is 12.9. The third-order valence-electron chi connectivity index (χ3n) is 4.28. The van der Waals surface area contributed by atoms with Crippen molar-refractivity contribution in [2.24, 2.45) is 0 Å². The summed E-state index contributed by atoms with van der Waals surface area (Å²) < 4.78 is 30.7. The average molecular weight is 338 g/mol. The topological polar surface area (TPSA) is 82.8 Å². The van der Waals surface area contributed by atoms with Gasteiger partial charge in [0.25, 0.3) is 0 Å². The molecule has 1 aromatic heterocycles. The van der Waals surface area contributed by atoms with Gasteiger partial charge in [0.05, 0.1) is 17.0 Å². The van der Waals surface area contributed by atoms with Crippen molar-refractivity contribution in [1.82, 2.24) is 4.57 Å². The molecule has 1 saturated heterocycles. The van der Waals surface area contributed by atoms with Crippen LogP contribution in [-0.4, -0.2) is 39.9 Å². The molecule has 6 nitrogen and oxygen atoms in total. The number of benzene rings is 1. The molecule has 0 amide bonds. The molecule has 0 unspecified atom stereocenters. The average Bonchev–Trinajstić information content (AvgIpc) is 2.94. The highest BCUT2D eigenvalue weighted by Crippen LogP contribution is 2.32. The number of aromatic nitrogens is 1. The first-order valence-corrected chi connectivity index (χ1v) is 7.56. The number of carboxylic acid groups (broad SMARTS) is 1. The molecule has 1 aliphatic heterocycles. The number of aryl methyl sites for hydroxylation is 1. The summed E-state index contributed by atoms with van der Waals surface area (Å²) in [4.78, 5) is 24.8. The van der Waals surface area contributed by atoms with Crippen molar-refractivity contribution in [2.45, 2.75) is 26.0 Å². The Bertz CT molecular complexity index is 894. The van der Waals surface area contributed by atoms with E-state index in [2.05, 4.69) is 0 Å². The number of β-amino-alcohol motifs (C(OH)–C–C–N with tert-alkyl or cyclic N) is 1. The molecule has 2 heterocycles. The smallest absolute Gasteiger partial charge is 0.341 e. The van der Waals surface area contributed by atoms with Crippen LogP contribution in [0.1, 0.15) is 23.7 Å². The molecule has 0 saturated carbocycles. The van der Waals surface area contributed by atoms with Crippen LogP contribution in [0.3, 0.4) is 0 Å². The summed E-state index contributed by atoms with van der Waals surface area (Å²) in [7, 11) is 0. The molecule has 3 rings (SSSR count). The summed E-state index contributed by atoms with van der Waals surface area (Å²) >= 11 is 0. The van der Waals surface area contributed by atoms with E-state index in [1.807, 2.05) is 0 Å². The highest BCUT2D eigenvalue weighted by Gasteiger charge is 2.28. The van der Waals surface area contributed by atoms with E-state index in [9.17, 15) is 23.5 Å². The minimum Gasteiger partial charge on any atom is -0.477 e. The SMILES string of the molecule is CCn1cc(C(=O)O)c(=O)c2cc(F)c(N3CC[C@@H](O)C3)c(F)c21. The Hall–Kier alpha value is -2.48. The van der Waals surface area contributed by atoms with Crippen LogP contribution in [0, 0.1) is 11.6 Å². The van der Waals surface area contributed by atoms with E-state index < -0.39 is 34.7 Å². The van der Waals surface area contributed by atoms with Crippen molar-refractivity contribution in [3.05, 3.63) is 39.7 Å². The van der Waals surface area contributed by atoms with Crippen molar-refractivity contribution in [3.8, 4) is 0 Å². The van der Waals surface area contributed by atoms with Crippen LogP contribution in [0.2, 0.25) is 0 Å². The Morgan fingerprint density at radius 1 is 1.42 bits per heavy atom. The Morgan fingerprint density at radius 3 is 2.67 bits per heavy atom. The molecule has 1 aliphatic rings. The molecule has 24 heavy (non-hydrogen) atoms. The third kappa shape index (κ3) is 2.43. The number of hydrogen-bond donors (Lipinski definition) is 2. The van der Waals surface area contributed by atoms with Crippen LogP contribution < -0.4 is 10.3 Å². The van der Waals surface area contributed by atoms with Gasteiger partial charge in [-0.1, -0.05) is 0 Å². The fraction of sp³-hybridized carbons (Fsp3) is 0.375. The van der Waals surface area contributed by atoms with E-state index >= 15 is 0 Å². The quantitative estimate of drug-likeness (QED) is 0.888. The van der Waals surface area contributed by atoms with Gasteiger partial charge in [0.2, 0.25) is 5.43 Å². The van der Waals surface area contributed by atoms with Crippen molar-refractivity contribution in [3.63, 3.8) is 0 Å². The number of carbonyl (C=O) groups is 1. The molecule has 1 aromatic carbocycles. The number of nitrogens with zero attached hydrogens (tertiary/aromatic N) is 2. The van der Waals surface area contributed by atoms with Gasteiger partial charge in [0.1, 0.15) is 17.1 Å². The van der Waals surface area contributed by atoms with Gasteiger partial charge >= 0.3 is 5.97 Å². The minimum absolute atomic E-state index is 0.100. The molecule has 0 aliphatic carbocycles. The summed E-state index contributed by atoms with van der Waals surface area (Å²) in [5.74, 6) is -3.32. The monoisotopic (exact) mass is 338 g/mol. The lowest BCUT2D eigenvalue weighted by Crippen LogP contribution is -2.25. The fourth-order valence-corrected chi connectivity index (χ4v) is 3.11. The molecule has 1 atom stereocenters. The lowest BCUT2D eigenvalue weighted by Gasteiger charge is -2.21. The summed E-state index contributed by atoms with van der Waals surface area (Å²) in [5.41, 5.74) is -1.89. The highest BCUT2D eigenvalue weighted by atomic mass is 19.1. The fourth-order valence-electron chi connectivity index (χ4n) is 3.11. The molecule has 128 valence electrons. The zero-order valence-electron chi connectivity index (χ0n) is 12.9. The van der Waals surface area contributed by atoms with E-state index in [0.29, 0.717) is 13.0 Å². The van der Waals surface area contributed by atoms with Crippen LogP contribution in [-0.2, 0) is 6.54 Å². The lowest BCUT2D eigenvalue weighted by atomic mass is 10.1. The number of aliphatic hydroxyl groups excluding tert-OH is 1. The molecule has 0 bridgehead atoms. The van der Waals surface area contributed by atoms with Gasteiger partial charge in [-0.3, -0.25) is 4.79 Å². The van der Waals surface area contributed by atoms with Crippen molar-refractivity contribution in [1.29, 1.82) is 0 Å². The molecule has 1 fully saturated rings. The van der Waals surface area contributed by atoms with Crippen LogP contribution in [0.4, 0.5) is 14.5 Å². The molecular formula is C16H16F2N2O4. The molecule has 2 N–H and O–H groups in total. The van der Waals surface area contributed by atoms with Gasteiger partial charge in [-0.2, -0.15) is 0 Å². The summed E-state index contributed by atoms with van der Waals surface area (Å²) in [6, 6.07) is 0.874. The highest BCUT2D eigenvalue weighted by molar-refractivity contribution is 5.93. The minimum atomic E-state index is -1.45. The zero-order chi connectivity index (χ0) is 17.6. The van der Waals surface area contributed by atoms with E-state index in [-0.39, 0.29) is 29.7 Å². The first kappa shape index (κ1) is 16.4. The Kier molecular flexibility index (Phi) is 4.00. The normalized spacial score (nSPS) is 17.7. The second kappa shape index (κ2) is 5.86. The van der Waals surface area contributed by atoms with Crippen LogP contribution in [0.15, 0.2) is 17.1 Å². The number of hydrogen-bond acceptors (Lipinski definition) is 4. The van der Waals surface area contributed by atoms with E-state index in [1.54, 1.807) is 6.92 Å². The van der Waals surface area contributed by atoms with Crippen molar-refractivity contribution < 1.29 is 23.8 Å². The number of anilines is 1. The second-order valence-electron chi connectivity index (χ2n) is 5.77. The Balaban J connectivity index is 2.34. The molecule has 0 spiro atoms. The maximum absolute atomic E-state index is 15.0. The van der Waals surface area contributed by atoms with Crippen LogP contribution in [0.25, 0.3) is 10.9 Å². The van der Waals surface area contributed by atoms with Gasteiger partial charge in [-0.25, -0.2) is 13.6 Å².